The Morgan fingerprint density at radius 3 is 2.29 bits per heavy atom. The van der Waals surface area contributed by atoms with Crippen LogP contribution in [-0.4, -0.2) is 75.3 Å². The Morgan fingerprint density at radius 2 is 1.74 bits per heavy atom. The number of nitrogens with zero attached hydrogens (tertiary/aromatic N) is 1. The Kier molecular flexibility index (Phi) is 10.2. The van der Waals surface area contributed by atoms with Gasteiger partial charge in [0.25, 0.3) is 0 Å². The van der Waals surface area contributed by atoms with Gasteiger partial charge in [-0.2, -0.15) is 12.6 Å². The molecule has 0 saturated carbocycles. The van der Waals surface area contributed by atoms with Gasteiger partial charge in [0.1, 0.15) is 23.9 Å². The third kappa shape index (κ3) is 7.63. The van der Waals surface area contributed by atoms with Crippen LogP contribution in [0.2, 0.25) is 0 Å². The summed E-state index contributed by atoms with van der Waals surface area (Å²) < 4.78 is 0. The fraction of sp³-hybridized carbons (Fsp3) is 0.565. The molecule has 0 bridgehead atoms. The fourth-order valence-corrected chi connectivity index (χ4v) is 4.16. The molecule has 0 radical (unpaired) electrons. The largest absolute Gasteiger partial charge is 0.508 e. The molecule has 6 N–H and O–H groups in total. The van der Waals surface area contributed by atoms with E-state index < -0.39 is 47.9 Å². The van der Waals surface area contributed by atoms with Gasteiger partial charge in [-0.1, -0.05) is 26.0 Å². The van der Waals surface area contributed by atoms with Gasteiger partial charge in [-0.25, -0.2) is 4.79 Å². The maximum Gasteiger partial charge on any atom is 0.326 e. The van der Waals surface area contributed by atoms with E-state index in [-0.39, 0.29) is 23.8 Å². The number of carboxylic acids is 1. The van der Waals surface area contributed by atoms with Crippen molar-refractivity contribution in [2.45, 2.75) is 63.7 Å². The predicted octanol–water partition coefficient (Wildman–Crippen LogP) is 0.283. The van der Waals surface area contributed by atoms with E-state index in [1.807, 2.05) is 13.8 Å². The fourth-order valence-electron chi connectivity index (χ4n) is 3.90. The molecule has 3 amide bonds. The van der Waals surface area contributed by atoms with Crippen molar-refractivity contribution in [3.63, 3.8) is 0 Å². The lowest BCUT2D eigenvalue weighted by atomic mass is 10.0. The van der Waals surface area contributed by atoms with Crippen LogP contribution >= 0.6 is 12.6 Å². The van der Waals surface area contributed by atoms with Crippen LogP contribution in [0.1, 0.15) is 38.7 Å². The number of nitrogens with one attached hydrogen (secondary N) is 2. The molecule has 34 heavy (non-hydrogen) atoms. The molecule has 0 spiro atoms. The van der Waals surface area contributed by atoms with E-state index in [0.29, 0.717) is 25.8 Å². The number of likely N-dealkylation sites (tertiary alicyclic amines) is 1. The zero-order chi connectivity index (χ0) is 25.4. The minimum Gasteiger partial charge on any atom is -0.508 e. The second-order valence-electron chi connectivity index (χ2n) is 8.94. The number of thiol groups is 1. The van der Waals surface area contributed by atoms with Crippen LogP contribution in [0.4, 0.5) is 0 Å². The number of hydrogen-bond donors (Lipinski definition) is 6. The van der Waals surface area contributed by atoms with E-state index in [1.165, 1.54) is 17.0 Å². The number of carbonyl (C=O) groups is 4. The molecular formula is C23H34N4O6S. The van der Waals surface area contributed by atoms with Crippen molar-refractivity contribution in [1.82, 2.24) is 15.5 Å². The number of aliphatic carboxylic acids is 1. The van der Waals surface area contributed by atoms with Gasteiger partial charge in [0.15, 0.2) is 0 Å². The van der Waals surface area contributed by atoms with Gasteiger partial charge < -0.3 is 31.5 Å². The Labute approximate surface area is 204 Å². The monoisotopic (exact) mass is 494 g/mol. The van der Waals surface area contributed by atoms with Gasteiger partial charge >= 0.3 is 5.97 Å². The molecule has 1 heterocycles. The lowest BCUT2D eigenvalue weighted by Gasteiger charge is -2.29. The number of carbonyl (C=O) groups excluding carboxylic acids is 3. The number of nitrogens with two attached hydrogens (primary N) is 1. The molecule has 4 unspecified atom stereocenters. The van der Waals surface area contributed by atoms with Crippen LogP contribution in [0, 0.1) is 5.92 Å². The van der Waals surface area contributed by atoms with E-state index in [9.17, 15) is 29.4 Å². The van der Waals surface area contributed by atoms with Gasteiger partial charge in [0, 0.05) is 12.3 Å². The van der Waals surface area contributed by atoms with E-state index in [2.05, 4.69) is 23.3 Å². The highest BCUT2D eigenvalue weighted by atomic mass is 32.1. The number of phenolic OH excluding ortho intramolecular Hbond substituents is 1. The SMILES string of the molecule is CC(C)CC(NC(=O)C(CS)NC(=O)C(N)Cc1ccc(O)cc1)C(=O)N1CCCC1C(=O)O. The molecule has 2 rings (SSSR count). The van der Waals surface area contributed by atoms with E-state index >= 15 is 0 Å². The Hall–Kier alpha value is -2.79. The van der Waals surface area contributed by atoms with Crippen LogP contribution in [0.15, 0.2) is 24.3 Å². The lowest BCUT2D eigenvalue weighted by Crippen LogP contribution is -2.58. The summed E-state index contributed by atoms with van der Waals surface area (Å²) in [6, 6.07) is 2.49. The highest BCUT2D eigenvalue weighted by Crippen LogP contribution is 2.20. The van der Waals surface area contributed by atoms with Crippen molar-refractivity contribution >= 4 is 36.3 Å². The molecule has 1 aliphatic heterocycles. The summed E-state index contributed by atoms with van der Waals surface area (Å²) in [5.41, 5.74) is 6.73. The summed E-state index contributed by atoms with van der Waals surface area (Å²) in [6.07, 6.45) is 1.48. The summed E-state index contributed by atoms with van der Waals surface area (Å²) >= 11 is 4.16. The maximum absolute atomic E-state index is 13.1. The summed E-state index contributed by atoms with van der Waals surface area (Å²) in [7, 11) is 0. The Bertz CT molecular complexity index is 879. The average Bonchev–Trinajstić information content (AvgIpc) is 3.27. The van der Waals surface area contributed by atoms with Crippen molar-refractivity contribution in [1.29, 1.82) is 0 Å². The molecule has 0 aromatic heterocycles. The first-order valence-corrected chi connectivity index (χ1v) is 11.9. The Morgan fingerprint density at radius 1 is 1.12 bits per heavy atom. The number of amides is 3. The third-order valence-electron chi connectivity index (χ3n) is 5.69. The van der Waals surface area contributed by atoms with Crippen molar-refractivity contribution < 1.29 is 29.4 Å². The number of benzene rings is 1. The van der Waals surface area contributed by atoms with Gasteiger partial charge in [-0.15, -0.1) is 0 Å². The van der Waals surface area contributed by atoms with Gasteiger partial charge in [0.2, 0.25) is 17.7 Å². The minimum absolute atomic E-state index is 0.0203. The van der Waals surface area contributed by atoms with Gasteiger partial charge in [-0.05, 0) is 49.3 Å². The zero-order valence-electron chi connectivity index (χ0n) is 19.4. The second kappa shape index (κ2) is 12.6. The number of rotatable bonds is 11. The highest BCUT2D eigenvalue weighted by Gasteiger charge is 2.38. The number of hydrogen-bond acceptors (Lipinski definition) is 7. The van der Waals surface area contributed by atoms with E-state index in [1.54, 1.807) is 12.1 Å². The molecule has 1 aliphatic rings. The van der Waals surface area contributed by atoms with Crippen molar-refractivity contribution in [3.8, 4) is 5.75 Å². The normalized spacial score (nSPS) is 18.3. The van der Waals surface area contributed by atoms with Gasteiger partial charge in [0.05, 0.1) is 6.04 Å². The average molecular weight is 495 g/mol. The highest BCUT2D eigenvalue weighted by molar-refractivity contribution is 7.80. The minimum atomic E-state index is -1.07. The molecule has 10 nitrogen and oxygen atoms in total. The topological polar surface area (TPSA) is 162 Å². The molecule has 188 valence electrons. The summed E-state index contributed by atoms with van der Waals surface area (Å²) in [5.74, 6) is -2.52. The van der Waals surface area contributed by atoms with Crippen molar-refractivity contribution in [2.75, 3.05) is 12.3 Å². The summed E-state index contributed by atoms with van der Waals surface area (Å²) in [6.45, 7) is 4.11. The number of phenols is 1. The number of aromatic hydroxyl groups is 1. The Balaban J connectivity index is 2.03. The summed E-state index contributed by atoms with van der Waals surface area (Å²) in [4.78, 5) is 51.4. The maximum atomic E-state index is 13.1. The lowest BCUT2D eigenvalue weighted by molar-refractivity contribution is -0.149. The molecule has 4 atom stereocenters. The quantitative estimate of drug-likeness (QED) is 0.241. The smallest absolute Gasteiger partial charge is 0.326 e. The third-order valence-corrected chi connectivity index (χ3v) is 6.05. The molecule has 1 saturated heterocycles. The van der Waals surface area contributed by atoms with E-state index in [4.69, 9.17) is 5.73 Å². The van der Waals surface area contributed by atoms with Crippen LogP contribution in [-0.2, 0) is 25.6 Å². The first kappa shape index (κ1) is 27.5. The van der Waals surface area contributed by atoms with Crippen molar-refractivity contribution in [2.24, 2.45) is 11.7 Å². The van der Waals surface area contributed by atoms with Crippen LogP contribution in [0.25, 0.3) is 0 Å². The first-order chi connectivity index (χ1) is 16.0. The van der Waals surface area contributed by atoms with Crippen LogP contribution in [0.3, 0.4) is 0 Å². The van der Waals surface area contributed by atoms with Gasteiger partial charge in [-0.3, -0.25) is 14.4 Å². The molecule has 1 fully saturated rings. The molecular weight excluding hydrogens is 460 g/mol. The standard InChI is InChI=1S/C23H34N4O6S/c1-13(2)10-17(22(31)27-9-3-4-19(27)23(32)33)25-21(30)18(12-34)26-20(29)16(24)11-14-5-7-15(28)8-6-14/h5-8,13,16-19,28,34H,3-4,9-12,24H2,1-2H3,(H,25,30)(H,26,29)(H,32,33). The molecule has 1 aromatic carbocycles. The van der Waals surface area contributed by atoms with Crippen LogP contribution < -0.4 is 16.4 Å². The second-order valence-corrected chi connectivity index (χ2v) is 9.30. The zero-order valence-corrected chi connectivity index (χ0v) is 20.3. The van der Waals surface area contributed by atoms with E-state index in [0.717, 1.165) is 5.56 Å². The summed E-state index contributed by atoms with van der Waals surface area (Å²) in [5, 5.41) is 24.0. The van der Waals surface area contributed by atoms with Crippen LogP contribution in [0.5, 0.6) is 5.75 Å². The molecule has 1 aromatic rings. The predicted molar refractivity (Wildman–Crippen MR) is 129 cm³/mol. The first-order valence-electron chi connectivity index (χ1n) is 11.3. The number of carboxylic acid groups (broad SMARTS) is 1. The molecule has 0 aliphatic carbocycles. The van der Waals surface area contributed by atoms with Crippen molar-refractivity contribution in [3.05, 3.63) is 29.8 Å². The molecule has 11 heteroatoms.